The van der Waals surface area contributed by atoms with Crippen molar-refractivity contribution in [2.75, 3.05) is 9.80 Å². The van der Waals surface area contributed by atoms with E-state index in [1.807, 2.05) is 46.8 Å². The summed E-state index contributed by atoms with van der Waals surface area (Å²) in [6.07, 6.45) is 12.4. The summed E-state index contributed by atoms with van der Waals surface area (Å²) in [5.74, 6) is 0. The Morgan fingerprint density at radius 2 is 0.662 bits per heavy atom. The van der Waals surface area contributed by atoms with Crippen LogP contribution < -0.4 is 9.80 Å². The Kier molecular flexibility index (Phi) is 20.2. The first kappa shape index (κ1) is 56.5. The second kappa shape index (κ2) is 28.6. The van der Waals surface area contributed by atoms with E-state index in [1.165, 1.54) is 54.6 Å². The Morgan fingerprint density at radius 1 is 0.350 bits per heavy atom. The van der Waals surface area contributed by atoms with Gasteiger partial charge < -0.3 is 14.4 Å². The zero-order valence-corrected chi connectivity index (χ0v) is 47.3. The quantitative estimate of drug-likeness (QED) is 0.0686. The van der Waals surface area contributed by atoms with Crippen LogP contribution in [0.2, 0.25) is 0 Å². The topological polar surface area (TPSA) is 11.4 Å². The van der Waals surface area contributed by atoms with Crippen molar-refractivity contribution in [1.82, 2.24) is 4.57 Å². The van der Waals surface area contributed by atoms with Crippen molar-refractivity contribution >= 4 is 77.5 Å². The van der Waals surface area contributed by atoms with E-state index in [1.54, 1.807) is 12.2 Å². The lowest BCUT2D eigenvalue weighted by molar-refractivity contribution is 1.18. The van der Waals surface area contributed by atoms with Gasteiger partial charge in [0.1, 0.15) is 0 Å². The highest BCUT2D eigenvalue weighted by Crippen LogP contribution is 2.46. The summed E-state index contributed by atoms with van der Waals surface area (Å²) in [4.78, 5) is 4.69. The van der Waals surface area contributed by atoms with Crippen molar-refractivity contribution in [2.45, 2.75) is 48.0 Å². The molecular weight excluding hydrogens is 967 g/mol. The first-order valence-corrected chi connectivity index (χ1v) is 28.1. The standard InChI is InChI=1S/C62H43N3.C6H8.C5H10.2C2H6/c1-6-20-44(21-7-1)61-53-30-16-18-32-55(53)62(56-33-19-17-31-54(56)61)45-34-36-50(37-35-45)65-59-40-38-51(63(46-22-8-2-9-23-46)47-24-10-3-11-25-47)42-57(59)58-43-52(39-41-60(58)65)64(48-26-12-4-13-27-48)49-28-14-5-15-29-49;1-3-5-6-4-2;1-3-5-4-2;2*1-2/h1-43H;3-6H,1-2H2;3,5H,4H2,1-2H3;2*1-2H3/b;6-5-;5-3-;;. The SMILES string of the molecule is C/C=C\CC.C=C/C=C\C=C.CC.CC.c1ccc(-c2c3ccccc3c(-c3ccc(-n4c5ccc(N(c6ccccc6)c6ccccc6)cc5c5cc(N(c6ccccc6)c6ccccc6)ccc54)cc3)c3ccccc23)cc1. The number of nitrogens with zero attached hydrogens (tertiary/aromatic N) is 3. The van der Waals surface area contributed by atoms with Crippen molar-refractivity contribution in [3.63, 3.8) is 0 Å². The molecule has 0 N–H and O–H groups in total. The third-order valence-corrected chi connectivity index (χ3v) is 13.6. The fraction of sp³-hybridized carbons (Fsp3) is 0.0909. The fourth-order valence-corrected chi connectivity index (χ4v) is 10.3. The largest absolute Gasteiger partial charge is 0.310 e. The summed E-state index contributed by atoms with van der Waals surface area (Å²) in [7, 11) is 0. The number of hydrogen-bond donors (Lipinski definition) is 0. The Balaban J connectivity index is 0.000000504. The van der Waals surface area contributed by atoms with Crippen LogP contribution in [0.1, 0.15) is 48.0 Å². The molecule has 0 amide bonds. The molecule has 396 valence electrons. The van der Waals surface area contributed by atoms with Gasteiger partial charge in [0.25, 0.3) is 0 Å². The lowest BCUT2D eigenvalue weighted by Gasteiger charge is -2.26. The molecule has 0 spiro atoms. The van der Waals surface area contributed by atoms with Crippen LogP contribution in [0.3, 0.4) is 0 Å². The molecule has 0 atom stereocenters. The van der Waals surface area contributed by atoms with Crippen LogP contribution in [0.15, 0.2) is 310 Å². The van der Waals surface area contributed by atoms with Crippen LogP contribution in [0.4, 0.5) is 34.1 Å². The number of para-hydroxylation sites is 4. The molecule has 1 heterocycles. The Morgan fingerprint density at radius 3 is 0.963 bits per heavy atom. The van der Waals surface area contributed by atoms with Crippen LogP contribution >= 0.6 is 0 Å². The second-order valence-electron chi connectivity index (χ2n) is 18.3. The molecule has 3 nitrogen and oxygen atoms in total. The van der Waals surface area contributed by atoms with E-state index in [-0.39, 0.29) is 0 Å². The van der Waals surface area contributed by atoms with E-state index >= 15 is 0 Å². The zero-order valence-electron chi connectivity index (χ0n) is 47.3. The zero-order chi connectivity index (χ0) is 56.1. The molecule has 0 aliphatic rings. The van der Waals surface area contributed by atoms with Crippen LogP contribution in [-0.2, 0) is 0 Å². The molecule has 1 aromatic heterocycles. The lowest BCUT2D eigenvalue weighted by Crippen LogP contribution is -2.09. The number of aromatic nitrogens is 1. The molecule has 0 saturated heterocycles. The Hall–Kier alpha value is -9.70. The minimum absolute atomic E-state index is 1.09. The fourth-order valence-electron chi connectivity index (χ4n) is 10.3. The summed E-state index contributed by atoms with van der Waals surface area (Å²) >= 11 is 0. The molecule has 0 saturated carbocycles. The van der Waals surface area contributed by atoms with Gasteiger partial charge in [-0.2, -0.15) is 0 Å². The minimum Gasteiger partial charge on any atom is -0.310 e. The van der Waals surface area contributed by atoms with Gasteiger partial charge >= 0.3 is 0 Å². The normalized spacial score (nSPS) is 10.7. The Bertz CT molecular complexity index is 3650. The molecule has 3 heteroatoms. The van der Waals surface area contributed by atoms with Gasteiger partial charge in [0.2, 0.25) is 0 Å². The van der Waals surface area contributed by atoms with Gasteiger partial charge in [-0.15, -0.1) is 0 Å². The average Bonchev–Trinajstić information content (AvgIpc) is 3.90. The van der Waals surface area contributed by atoms with E-state index in [4.69, 9.17) is 0 Å². The Labute approximate surface area is 475 Å². The number of fused-ring (bicyclic) bond motifs is 5. The number of benzene rings is 11. The van der Waals surface area contributed by atoms with Gasteiger partial charge in [-0.25, -0.2) is 0 Å². The van der Waals surface area contributed by atoms with Crippen LogP contribution in [-0.4, -0.2) is 4.57 Å². The van der Waals surface area contributed by atoms with Gasteiger partial charge in [0.05, 0.1) is 11.0 Å². The highest BCUT2D eigenvalue weighted by atomic mass is 15.1. The predicted octanol–water partition coefficient (Wildman–Crippen LogP) is 23.3. The second-order valence-corrected chi connectivity index (χ2v) is 18.3. The van der Waals surface area contributed by atoms with Crippen molar-refractivity contribution < 1.29 is 0 Å². The molecular formula is C77H73N3. The van der Waals surface area contributed by atoms with E-state index in [2.05, 4.69) is 307 Å². The maximum Gasteiger partial charge on any atom is 0.0542 e. The predicted molar refractivity (Wildman–Crippen MR) is 353 cm³/mol. The third-order valence-electron chi connectivity index (χ3n) is 13.6. The number of anilines is 6. The highest BCUT2D eigenvalue weighted by Gasteiger charge is 2.21. The van der Waals surface area contributed by atoms with E-state index < -0.39 is 0 Å². The molecule has 0 unspecified atom stereocenters. The first-order valence-electron chi connectivity index (χ1n) is 28.1. The molecule has 12 rings (SSSR count). The van der Waals surface area contributed by atoms with Gasteiger partial charge in [0, 0.05) is 50.6 Å². The smallest absolute Gasteiger partial charge is 0.0542 e. The van der Waals surface area contributed by atoms with Crippen molar-refractivity contribution in [3.05, 3.63) is 310 Å². The number of allylic oxidation sites excluding steroid dienone is 6. The molecule has 12 aromatic rings. The van der Waals surface area contributed by atoms with Gasteiger partial charge in [-0.05, 0) is 154 Å². The van der Waals surface area contributed by atoms with Gasteiger partial charge in [0.15, 0.2) is 0 Å². The molecule has 0 aliphatic heterocycles. The van der Waals surface area contributed by atoms with Crippen molar-refractivity contribution in [2.24, 2.45) is 0 Å². The van der Waals surface area contributed by atoms with Crippen LogP contribution in [0, 0.1) is 0 Å². The average molecular weight is 1040 g/mol. The van der Waals surface area contributed by atoms with Crippen molar-refractivity contribution in [3.8, 4) is 27.9 Å². The van der Waals surface area contributed by atoms with Crippen LogP contribution in [0.25, 0.3) is 71.3 Å². The van der Waals surface area contributed by atoms with Gasteiger partial charge in [-0.1, -0.05) is 248 Å². The van der Waals surface area contributed by atoms with Crippen LogP contribution in [0.5, 0.6) is 0 Å². The molecule has 80 heavy (non-hydrogen) atoms. The van der Waals surface area contributed by atoms with Crippen molar-refractivity contribution in [1.29, 1.82) is 0 Å². The first-order chi connectivity index (χ1) is 39.6. The molecule has 11 aromatic carbocycles. The number of rotatable bonds is 12. The van der Waals surface area contributed by atoms with Gasteiger partial charge in [-0.3, -0.25) is 0 Å². The lowest BCUT2D eigenvalue weighted by atomic mass is 9.86. The molecule has 0 bridgehead atoms. The van der Waals surface area contributed by atoms with E-state index in [0.717, 1.165) is 57.3 Å². The minimum atomic E-state index is 1.09. The molecule has 0 fully saturated rings. The summed E-state index contributed by atoms with van der Waals surface area (Å²) in [6, 6.07) is 94.2. The third kappa shape index (κ3) is 12.5. The summed E-state index contributed by atoms with van der Waals surface area (Å²) < 4.78 is 2.43. The van der Waals surface area contributed by atoms with E-state index in [0.29, 0.717) is 0 Å². The van der Waals surface area contributed by atoms with E-state index in [9.17, 15) is 0 Å². The summed E-state index contributed by atoms with van der Waals surface area (Å²) in [5.41, 5.74) is 14.9. The monoisotopic (exact) mass is 1040 g/mol. The summed E-state index contributed by atoms with van der Waals surface area (Å²) in [5, 5.41) is 7.36. The molecule has 0 radical (unpaired) electrons. The maximum atomic E-state index is 3.46. The molecule has 0 aliphatic carbocycles. The summed E-state index contributed by atoms with van der Waals surface area (Å²) in [6.45, 7) is 19.1. The highest BCUT2D eigenvalue weighted by molar-refractivity contribution is 6.21. The number of hydrogen-bond acceptors (Lipinski definition) is 2. The maximum absolute atomic E-state index is 3.46.